The first-order chi connectivity index (χ1) is 21.8. The van der Waals surface area contributed by atoms with E-state index in [0.717, 1.165) is 51.4 Å². The largest absolute Gasteiger partial charge is 0.457 e. The van der Waals surface area contributed by atoms with E-state index in [1.165, 1.54) is 6.92 Å². The summed E-state index contributed by atoms with van der Waals surface area (Å²) >= 11 is 0. The molecular weight excluding hydrogens is 604 g/mol. The third-order valence-corrected chi connectivity index (χ3v) is 16.3. The van der Waals surface area contributed by atoms with Gasteiger partial charge in [0.25, 0.3) is 0 Å². The van der Waals surface area contributed by atoms with Crippen LogP contribution in [0.25, 0.3) is 0 Å². The van der Waals surface area contributed by atoms with Crippen LogP contribution < -0.4 is 0 Å². The minimum absolute atomic E-state index is 0.0329. The smallest absolute Gasteiger partial charge is 0.303 e. The molecule has 5 aliphatic carbocycles. The Bertz CT molecular complexity index is 1320. The lowest BCUT2D eigenvalue weighted by molar-refractivity contribution is -0.303. The Hall–Kier alpha value is -0.850. The fourth-order valence-corrected chi connectivity index (χ4v) is 14.4. The van der Waals surface area contributed by atoms with Gasteiger partial charge in [-0.05, 0) is 105 Å². The van der Waals surface area contributed by atoms with Crippen molar-refractivity contribution in [2.24, 2.45) is 50.7 Å². The molecule has 8 aliphatic rings. The van der Waals surface area contributed by atoms with Gasteiger partial charge < -0.3 is 44.1 Å². The lowest BCUT2D eigenvalue weighted by atomic mass is 9.41. The number of carbonyl (C=O) groups excluding carboxylic acids is 1. The molecule has 266 valence electrons. The molecule has 3 aliphatic heterocycles. The summed E-state index contributed by atoms with van der Waals surface area (Å²) in [5.74, 6) is -0.402. The van der Waals surface area contributed by atoms with Crippen LogP contribution in [-0.2, 0) is 28.5 Å². The van der Waals surface area contributed by atoms with Crippen molar-refractivity contribution in [1.29, 1.82) is 0 Å². The van der Waals surface area contributed by atoms with Gasteiger partial charge in [0, 0.05) is 18.3 Å². The van der Waals surface area contributed by atoms with E-state index in [4.69, 9.17) is 23.7 Å². The summed E-state index contributed by atoms with van der Waals surface area (Å²) in [5.41, 5.74) is -1.36. The number of esters is 1. The second kappa shape index (κ2) is 9.93. The molecular formula is C37H58O10. The van der Waals surface area contributed by atoms with Gasteiger partial charge in [-0.1, -0.05) is 34.6 Å². The maximum absolute atomic E-state index is 12.8. The van der Waals surface area contributed by atoms with E-state index in [9.17, 15) is 25.2 Å². The number of carbonyl (C=O) groups is 1. The quantitative estimate of drug-likeness (QED) is 0.260. The number of rotatable bonds is 4. The van der Waals surface area contributed by atoms with Crippen LogP contribution in [0.15, 0.2) is 0 Å². The molecule has 3 heterocycles. The van der Waals surface area contributed by atoms with Crippen molar-refractivity contribution in [3.63, 3.8) is 0 Å². The summed E-state index contributed by atoms with van der Waals surface area (Å²) in [6, 6.07) is 0. The zero-order chi connectivity index (χ0) is 33.9. The zero-order valence-electron chi connectivity index (χ0n) is 29.5. The SMILES string of the molecule is CC(=O)OC(C)(C)[C@H]1OC23O[C@H]1C[C@@H](C)C2[C@@]1(C)CCC24CC25CC[C@H](OC2OC[C@@H](O)[C@H](O)[C@H]2O)C(C)(C)[C@@H]5CC[C@H]4[C@]1(C)[C@H]3O. The molecule has 8 fully saturated rings. The maximum Gasteiger partial charge on any atom is 0.303 e. The molecule has 4 N–H and O–H groups in total. The number of hydrogen-bond acceptors (Lipinski definition) is 10. The number of fused-ring (bicyclic) bond motifs is 4. The van der Waals surface area contributed by atoms with Crippen LogP contribution in [0.3, 0.4) is 0 Å². The number of hydrogen-bond donors (Lipinski definition) is 4. The predicted molar refractivity (Wildman–Crippen MR) is 168 cm³/mol. The fourth-order valence-electron chi connectivity index (χ4n) is 14.4. The van der Waals surface area contributed by atoms with E-state index < -0.39 is 53.6 Å². The van der Waals surface area contributed by atoms with E-state index in [2.05, 4.69) is 34.6 Å². The van der Waals surface area contributed by atoms with Gasteiger partial charge in [-0.25, -0.2) is 0 Å². The normalized spacial score (nSPS) is 58.8. The third-order valence-electron chi connectivity index (χ3n) is 16.3. The first-order valence-electron chi connectivity index (χ1n) is 18.4. The van der Waals surface area contributed by atoms with Gasteiger partial charge in [0.05, 0.1) is 18.8 Å². The first-order valence-corrected chi connectivity index (χ1v) is 18.4. The Morgan fingerprint density at radius 3 is 2.28 bits per heavy atom. The fraction of sp³-hybridized carbons (Fsp3) is 0.973. The first kappa shape index (κ1) is 33.3. The summed E-state index contributed by atoms with van der Waals surface area (Å²) < 4.78 is 31.9. The molecule has 0 amide bonds. The standard InChI is InChI=1S/C37H58O10/c1-18-15-21-28(32(5,6)45-19(2)38)47-37(46-21)27(18)33(7)13-14-36-17-35(36)12-11-24(44-29-26(41)25(40)20(39)16-43-29)31(3,4)22(35)9-10-23(36)34(33,8)30(37)42/h18,20-30,39-42H,9-17H2,1-8H3/t18-,20-,21+,22+,23+,24+,25+,26-,27?,28+,29?,30-,33-,34-,35?,36?,37?/m1/s1. The molecule has 2 bridgehead atoms. The Balaban J connectivity index is 1.09. The molecule has 3 saturated heterocycles. The molecule has 8 rings (SSSR count). The Morgan fingerprint density at radius 1 is 0.894 bits per heavy atom. The highest BCUT2D eigenvalue weighted by Crippen LogP contribution is 2.90. The number of aliphatic hydroxyl groups excluding tert-OH is 4. The number of aliphatic hydroxyl groups is 4. The summed E-state index contributed by atoms with van der Waals surface area (Å²) in [4.78, 5) is 12.1. The minimum atomic E-state index is -1.29. The highest BCUT2D eigenvalue weighted by Gasteiger charge is 2.88. The van der Waals surface area contributed by atoms with Gasteiger partial charge >= 0.3 is 5.97 Å². The summed E-state index contributed by atoms with van der Waals surface area (Å²) in [7, 11) is 0. The second-order valence-electron chi connectivity index (χ2n) is 18.8. The topological polar surface area (TPSA) is 144 Å². The Morgan fingerprint density at radius 2 is 1.57 bits per heavy atom. The lowest BCUT2D eigenvalue weighted by Crippen LogP contribution is -2.61. The molecule has 5 saturated carbocycles. The van der Waals surface area contributed by atoms with Crippen LogP contribution in [0.5, 0.6) is 0 Å². The predicted octanol–water partition coefficient (Wildman–Crippen LogP) is 3.69. The highest BCUT2D eigenvalue weighted by atomic mass is 16.8. The van der Waals surface area contributed by atoms with Crippen molar-refractivity contribution in [2.45, 2.75) is 167 Å². The van der Waals surface area contributed by atoms with Gasteiger partial charge in [-0.2, -0.15) is 0 Å². The van der Waals surface area contributed by atoms with Gasteiger partial charge in [0.2, 0.25) is 0 Å². The molecule has 0 aromatic heterocycles. The molecule has 0 radical (unpaired) electrons. The summed E-state index contributed by atoms with van der Waals surface area (Å²) in [6.07, 6.45) is 1.72. The average molecular weight is 663 g/mol. The van der Waals surface area contributed by atoms with E-state index in [-0.39, 0.29) is 58.3 Å². The van der Waals surface area contributed by atoms with Crippen molar-refractivity contribution in [1.82, 2.24) is 0 Å². The molecule has 17 atom stereocenters. The van der Waals surface area contributed by atoms with E-state index >= 15 is 0 Å². The van der Waals surface area contributed by atoms with Gasteiger partial charge in [0.1, 0.15) is 36.1 Å². The van der Waals surface area contributed by atoms with Gasteiger partial charge in [0.15, 0.2) is 12.1 Å². The van der Waals surface area contributed by atoms with E-state index in [1.54, 1.807) is 0 Å². The van der Waals surface area contributed by atoms with Crippen molar-refractivity contribution in [3.8, 4) is 0 Å². The van der Waals surface area contributed by atoms with Crippen LogP contribution in [0, 0.1) is 50.7 Å². The monoisotopic (exact) mass is 662 g/mol. The molecule has 0 aromatic rings. The zero-order valence-corrected chi connectivity index (χ0v) is 29.5. The van der Waals surface area contributed by atoms with Crippen LogP contribution >= 0.6 is 0 Å². The molecule has 3 spiro atoms. The van der Waals surface area contributed by atoms with Gasteiger partial charge in [-0.15, -0.1) is 0 Å². The van der Waals surface area contributed by atoms with Crippen molar-refractivity contribution >= 4 is 5.97 Å². The van der Waals surface area contributed by atoms with Crippen LogP contribution in [0.1, 0.15) is 107 Å². The van der Waals surface area contributed by atoms with Crippen LogP contribution in [0.2, 0.25) is 0 Å². The highest BCUT2D eigenvalue weighted by molar-refractivity contribution is 5.66. The lowest BCUT2D eigenvalue weighted by Gasteiger charge is -2.63. The van der Waals surface area contributed by atoms with Crippen molar-refractivity contribution in [3.05, 3.63) is 0 Å². The van der Waals surface area contributed by atoms with Crippen molar-refractivity contribution < 1.29 is 48.9 Å². The Kier molecular flexibility index (Phi) is 7.03. The molecule has 5 unspecified atom stereocenters. The van der Waals surface area contributed by atoms with Crippen LogP contribution in [-0.4, -0.2) is 93.4 Å². The van der Waals surface area contributed by atoms with E-state index in [1.807, 2.05) is 13.8 Å². The Labute approximate surface area is 279 Å². The molecule has 0 aromatic carbocycles. The van der Waals surface area contributed by atoms with E-state index in [0.29, 0.717) is 11.8 Å². The molecule has 47 heavy (non-hydrogen) atoms. The minimum Gasteiger partial charge on any atom is -0.457 e. The molecule has 10 nitrogen and oxygen atoms in total. The van der Waals surface area contributed by atoms with Gasteiger partial charge in [-0.3, -0.25) is 4.79 Å². The molecule has 10 heteroatoms. The van der Waals surface area contributed by atoms with Crippen molar-refractivity contribution in [2.75, 3.05) is 6.61 Å². The second-order valence-corrected chi connectivity index (χ2v) is 18.8. The van der Waals surface area contributed by atoms with Crippen LogP contribution in [0.4, 0.5) is 0 Å². The average Bonchev–Trinajstić information content (AvgIpc) is 3.49. The summed E-state index contributed by atoms with van der Waals surface area (Å²) in [5, 5.41) is 43.7. The maximum atomic E-state index is 12.8. The number of ether oxygens (including phenoxy) is 5. The summed E-state index contributed by atoms with van der Waals surface area (Å²) in [6.45, 7) is 16.8. The third kappa shape index (κ3) is 3.88.